The van der Waals surface area contributed by atoms with E-state index in [1.807, 2.05) is 0 Å². The van der Waals surface area contributed by atoms with Crippen molar-refractivity contribution in [3.05, 3.63) is 17.3 Å². The monoisotopic (exact) mass is 213 g/mol. The Bertz CT molecular complexity index is 285. The van der Waals surface area contributed by atoms with E-state index < -0.39 is 0 Å². The Labute approximate surface area is 87.8 Å². The van der Waals surface area contributed by atoms with Gasteiger partial charge in [0.05, 0.1) is 0 Å². The molecule has 0 atom stereocenters. The van der Waals surface area contributed by atoms with E-state index >= 15 is 0 Å². The van der Waals surface area contributed by atoms with Gasteiger partial charge in [-0.3, -0.25) is 4.90 Å². The second kappa shape index (κ2) is 4.57. The molecule has 1 fully saturated rings. The van der Waals surface area contributed by atoms with E-state index in [9.17, 15) is 0 Å². The lowest BCUT2D eigenvalue weighted by atomic mass is 10.4. The van der Waals surface area contributed by atoms with E-state index in [-0.39, 0.29) is 0 Å². The molecule has 2 heterocycles. The van der Waals surface area contributed by atoms with Gasteiger partial charge < -0.3 is 4.74 Å². The fourth-order valence-electron chi connectivity index (χ4n) is 1.45. The molecule has 0 aliphatic carbocycles. The van der Waals surface area contributed by atoms with Crippen LogP contribution in [0.5, 0.6) is 5.88 Å². The first-order chi connectivity index (χ1) is 6.84. The maximum atomic E-state index is 5.60. The molecule has 5 heteroatoms. The Morgan fingerprint density at radius 1 is 1.29 bits per heavy atom. The third-order valence-corrected chi connectivity index (χ3v) is 2.40. The zero-order chi connectivity index (χ0) is 9.80. The van der Waals surface area contributed by atoms with Crippen LogP contribution in [0, 0.1) is 0 Å². The molecule has 1 aliphatic heterocycles. The van der Waals surface area contributed by atoms with Crippen LogP contribution < -0.4 is 4.74 Å². The number of likely N-dealkylation sites (tertiary alicyclic amines) is 1. The first kappa shape index (κ1) is 9.68. The van der Waals surface area contributed by atoms with Gasteiger partial charge in [0.25, 0.3) is 0 Å². The molecule has 0 saturated carbocycles. The summed E-state index contributed by atoms with van der Waals surface area (Å²) in [7, 11) is 0. The molecule has 0 spiro atoms. The Balaban J connectivity index is 1.82. The van der Waals surface area contributed by atoms with Crippen molar-refractivity contribution in [2.45, 2.75) is 12.8 Å². The van der Waals surface area contributed by atoms with Gasteiger partial charge in [0.1, 0.15) is 6.73 Å². The first-order valence-corrected chi connectivity index (χ1v) is 5.07. The van der Waals surface area contributed by atoms with Crippen molar-refractivity contribution >= 4 is 11.6 Å². The minimum atomic E-state index is 0.388. The van der Waals surface area contributed by atoms with Crippen molar-refractivity contribution in [2.24, 2.45) is 0 Å². The van der Waals surface area contributed by atoms with Crippen LogP contribution in [0.15, 0.2) is 12.1 Å². The van der Waals surface area contributed by atoms with Crippen LogP contribution in [0.25, 0.3) is 0 Å². The highest BCUT2D eigenvalue weighted by atomic mass is 35.5. The standard InChI is InChI=1S/C9H12ClN3O/c10-8-3-4-9(12-11-8)14-7-13-5-1-2-6-13/h3-4H,1-2,5-7H2. The van der Waals surface area contributed by atoms with E-state index in [0.717, 1.165) is 13.1 Å². The lowest BCUT2D eigenvalue weighted by Crippen LogP contribution is -2.24. The summed E-state index contributed by atoms with van der Waals surface area (Å²) in [5, 5.41) is 7.89. The summed E-state index contributed by atoms with van der Waals surface area (Å²) in [6.45, 7) is 2.82. The maximum absolute atomic E-state index is 5.60. The molecule has 0 aromatic carbocycles. The molecule has 0 radical (unpaired) electrons. The van der Waals surface area contributed by atoms with Crippen molar-refractivity contribution < 1.29 is 4.74 Å². The maximum Gasteiger partial charge on any atom is 0.234 e. The van der Waals surface area contributed by atoms with Gasteiger partial charge in [-0.2, -0.15) is 0 Å². The van der Waals surface area contributed by atoms with Gasteiger partial charge in [-0.05, 0) is 18.9 Å². The minimum Gasteiger partial charge on any atom is -0.460 e. The third-order valence-electron chi connectivity index (χ3n) is 2.20. The topological polar surface area (TPSA) is 38.2 Å². The second-order valence-corrected chi connectivity index (χ2v) is 3.68. The molecule has 1 aromatic rings. The zero-order valence-corrected chi connectivity index (χ0v) is 8.57. The Kier molecular flexibility index (Phi) is 3.16. The summed E-state index contributed by atoms with van der Waals surface area (Å²) in [6.07, 6.45) is 2.52. The Hall–Kier alpha value is -0.870. The smallest absolute Gasteiger partial charge is 0.234 e. The van der Waals surface area contributed by atoms with Crippen LogP contribution in [0.1, 0.15) is 12.8 Å². The molecule has 14 heavy (non-hydrogen) atoms. The van der Waals surface area contributed by atoms with Crippen LogP contribution in [-0.4, -0.2) is 34.9 Å². The Morgan fingerprint density at radius 2 is 2.07 bits per heavy atom. The number of ether oxygens (including phenoxy) is 1. The van der Waals surface area contributed by atoms with Gasteiger partial charge in [-0.15, -0.1) is 10.2 Å². The molecular formula is C9H12ClN3O. The van der Waals surface area contributed by atoms with Crippen LogP contribution in [-0.2, 0) is 0 Å². The lowest BCUT2D eigenvalue weighted by molar-refractivity contribution is 0.145. The van der Waals surface area contributed by atoms with Crippen molar-refractivity contribution in [3.8, 4) is 5.88 Å². The third kappa shape index (κ3) is 2.56. The summed E-state index contributed by atoms with van der Waals surface area (Å²) in [5.41, 5.74) is 0. The molecule has 0 bridgehead atoms. The number of hydrogen-bond acceptors (Lipinski definition) is 4. The molecule has 0 unspecified atom stereocenters. The zero-order valence-electron chi connectivity index (χ0n) is 7.82. The molecule has 2 rings (SSSR count). The first-order valence-electron chi connectivity index (χ1n) is 4.69. The predicted octanol–water partition coefficient (Wildman–Crippen LogP) is 1.56. The summed E-state index contributed by atoms with van der Waals surface area (Å²) in [4.78, 5) is 2.25. The highest BCUT2D eigenvalue weighted by molar-refractivity contribution is 6.29. The summed E-state index contributed by atoms with van der Waals surface area (Å²) in [5.74, 6) is 0.529. The fraction of sp³-hybridized carbons (Fsp3) is 0.556. The molecule has 76 valence electrons. The van der Waals surface area contributed by atoms with Crippen LogP contribution >= 0.6 is 11.6 Å². The van der Waals surface area contributed by atoms with E-state index in [1.165, 1.54) is 12.8 Å². The van der Waals surface area contributed by atoms with Gasteiger partial charge in [0, 0.05) is 19.2 Å². The molecular weight excluding hydrogens is 202 g/mol. The second-order valence-electron chi connectivity index (χ2n) is 3.29. The number of hydrogen-bond donors (Lipinski definition) is 0. The van der Waals surface area contributed by atoms with Gasteiger partial charge >= 0.3 is 0 Å². The molecule has 1 aromatic heterocycles. The molecule has 1 saturated heterocycles. The molecule has 0 N–H and O–H groups in total. The lowest BCUT2D eigenvalue weighted by Gasteiger charge is -2.14. The molecule has 4 nitrogen and oxygen atoms in total. The highest BCUT2D eigenvalue weighted by Crippen LogP contribution is 2.11. The van der Waals surface area contributed by atoms with E-state index in [4.69, 9.17) is 16.3 Å². The summed E-state index contributed by atoms with van der Waals surface area (Å²) < 4.78 is 5.44. The normalized spacial score (nSPS) is 17.2. The van der Waals surface area contributed by atoms with E-state index in [0.29, 0.717) is 17.8 Å². The quantitative estimate of drug-likeness (QED) is 0.764. The molecule has 0 amide bonds. The van der Waals surface area contributed by atoms with Crippen LogP contribution in [0.2, 0.25) is 5.15 Å². The summed E-state index contributed by atoms with van der Waals surface area (Å²) in [6, 6.07) is 3.40. The van der Waals surface area contributed by atoms with E-state index in [2.05, 4.69) is 15.1 Å². The SMILES string of the molecule is Clc1ccc(OCN2CCCC2)nn1. The molecule has 1 aliphatic rings. The van der Waals surface area contributed by atoms with Gasteiger partial charge in [0.2, 0.25) is 5.88 Å². The predicted molar refractivity (Wildman–Crippen MR) is 53.3 cm³/mol. The number of nitrogens with zero attached hydrogens (tertiary/aromatic N) is 3. The number of halogens is 1. The van der Waals surface area contributed by atoms with Crippen molar-refractivity contribution in [1.82, 2.24) is 15.1 Å². The van der Waals surface area contributed by atoms with Crippen molar-refractivity contribution in [1.29, 1.82) is 0 Å². The Morgan fingerprint density at radius 3 is 2.71 bits per heavy atom. The minimum absolute atomic E-state index is 0.388. The van der Waals surface area contributed by atoms with Crippen LogP contribution in [0.4, 0.5) is 0 Å². The average molecular weight is 214 g/mol. The van der Waals surface area contributed by atoms with Gasteiger partial charge in [-0.25, -0.2) is 0 Å². The number of aromatic nitrogens is 2. The summed E-state index contributed by atoms with van der Waals surface area (Å²) >= 11 is 5.60. The highest BCUT2D eigenvalue weighted by Gasteiger charge is 2.11. The fourth-order valence-corrected chi connectivity index (χ4v) is 1.55. The van der Waals surface area contributed by atoms with Crippen molar-refractivity contribution in [2.75, 3.05) is 19.8 Å². The van der Waals surface area contributed by atoms with Crippen molar-refractivity contribution in [3.63, 3.8) is 0 Å². The van der Waals surface area contributed by atoms with Gasteiger partial charge in [-0.1, -0.05) is 11.6 Å². The van der Waals surface area contributed by atoms with Crippen LogP contribution in [0.3, 0.4) is 0 Å². The van der Waals surface area contributed by atoms with Gasteiger partial charge in [0.15, 0.2) is 5.15 Å². The number of rotatable bonds is 3. The largest absolute Gasteiger partial charge is 0.460 e. The average Bonchev–Trinajstić information content (AvgIpc) is 2.70. The van der Waals surface area contributed by atoms with E-state index in [1.54, 1.807) is 12.1 Å².